The number of nitrogens with zero attached hydrogens (tertiary/aromatic N) is 3. The van der Waals surface area contributed by atoms with Gasteiger partial charge in [0.15, 0.2) is 5.82 Å². The van der Waals surface area contributed by atoms with Crippen LogP contribution in [0.1, 0.15) is 11.3 Å². The van der Waals surface area contributed by atoms with Crippen molar-refractivity contribution in [3.63, 3.8) is 0 Å². The van der Waals surface area contributed by atoms with E-state index in [4.69, 9.17) is 4.52 Å². The van der Waals surface area contributed by atoms with Gasteiger partial charge in [0.05, 0.1) is 11.5 Å². The highest BCUT2D eigenvalue weighted by Crippen LogP contribution is 2.12. The third-order valence-electron chi connectivity index (χ3n) is 3.24. The summed E-state index contributed by atoms with van der Waals surface area (Å²) in [6, 6.07) is 8.06. The maximum atomic E-state index is 11.9. The van der Waals surface area contributed by atoms with E-state index in [2.05, 4.69) is 10.5 Å². The number of nitrogens with one attached hydrogen (secondary N) is 1. The molecule has 0 saturated carbocycles. The van der Waals surface area contributed by atoms with Crippen LogP contribution in [0.5, 0.6) is 0 Å². The molecule has 0 fully saturated rings. The van der Waals surface area contributed by atoms with E-state index in [1.54, 1.807) is 25.1 Å². The van der Waals surface area contributed by atoms with Gasteiger partial charge >= 0.3 is 0 Å². The van der Waals surface area contributed by atoms with Crippen LogP contribution in [0.15, 0.2) is 34.9 Å². The SMILES string of the molecule is Cc1cc(NC(=O)CN(C)CCc2ccc([N+](=O)[O-])cc2)no1. The molecule has 23 heavy (non-hydrogen) atoms. The van der Waals surface area contributed by atoms with E-state index in [0.717, 1.165) is 5.56 Å². The van der Waals surface area contributed by atoms with Gasteiger partial charge in [0.1, 0.15) is 5.76 Å². The first-order chi connectivity index (χ1) is 10.9. The molecule has 1 N–H and O–H groups in total. The van der Waals surface area contributed by atoms with Crippen LogP contribution in [-0.4, -0.2) is 41.0 Å². The maximum Gasteiger partial charge on any atom is 0.269 e. The summed E-state index contributed by atoms with van der Waals surface area (Å²) in [4.78, 5) is 23.9. The molecule has 1 heterocycles. The number of nitro groups is 1. The number of nitro benzene ring substituents is 1. The molecule has 1 aromatic heterocycles. The summed E-state index contributed by atoms with van der Waals surface area (Å²) >= 11 is 0. The number of amides is 1. The predicted octanol–water partition coefficient (Wildman–Crippen LogP) is 2.00. The Bertz CT molecular complexity index is 681. The van der Waals surface area contributed by atoms with Crippen molar-refractivity contribution in [3.8, 4) is 0 Å². The smallest absolute Gasteiger partial charge is 0.269 e. The highest BCUT2D eigenvalue weighted by Gasteiger charge is 2.10. The average molecular weight is 318 g/mol. The summed E-state index contributed by atoms with van der Waals surface area (Å²) in [7, 11) is 1.83. The van der Waals surface area contributed by atoms with Crippen LogP contribution in [0.25, 0.3) is 0 Å². The van der Waals surface area contributed by atoms with E-state index >= 15 is 0 Å². The Labute approximate surface area is 133 Å². The van der Waals surface area contributed by atoms with Crippen molar-refractivity contribution < 1.29 is 14.2 Å². The van der Waals surface area contributed by atoms with Crippen molar-refractivity contribution in [2.45, 2.75) is 13.3 Å². The number of aryl methyl sites for hydroxylation is 1. The topological polar surface area (TPSA) is 102 Å². The van der Waals surface area contributed by atoms with Crippen molar-refractivity contribution in [2.75, 3.05) is 25.5 Å². The number of rotatable bonds is 7. The molecule has 0 unspecified atom stereocenters. The standard InChI is InChI=1S/C15H18N4O4/c1-11-9-14(17-23-11)16-15(20)10-18(2)8-7-12-3-5-13(6-4-12)19(21)22/h3-6,9H,7-8,10H2,1-2H3,(H,16,17,20). The molecule has 1 amide bonds. The Morgan fingerprint density at radius 2 is 2.09 bits per heavy atom. The van der Waals surface area contributed by atoms with E-state index in [-0.39, 0.29) is 18.1 Å². The molecule has 2 rings (SSSR count). The number of non-ortho nitro benzene ring substituents is 1. The first-order valence-electron chi connectivity index (χ1n) is 7.09. The number of benzene rings is 1. The van der Waals surface area contributed by atoms with Gasteiger partial charge in [-0.3, -0.25) is 19.8 Å². The number of aromatic nitrogens is 1. The fourth-order valence-corrected chi connectivity index (χ4v) is 2.04. The molecule has 122 valence electrons. The number of hydrogen-bond acceptors (Lipinski definition) is 6. The van der Waals surface area contributed by atoms with E-state index in [1.165, 1.54) is 12.1 Å². The Hall–Kier alpha value is -2.74. The van der Waals surface area contributed by atoms with Crippen LogP contribution < -0.4 is 5.32 Å². The lowest BCUT2D eigenvalue weighted by atomic mass is 10.1. The summed E-state index contributed by atoms with van der Waals surface area (Å²) in [5.41, 5.74) is 1.05. The summed E-state index contributed by atoms with van der Waals surface area (Å²) in [5, 5.41) is 16.9. The zero-order valence-electron chi connectivity index (χ0n) is 13.0. The second kappa shape index (κ2) is 7.50. The minimum atomic E-state index is -0.425. The summed E-state index contributed by atoms with van der Waals surface area (Å²) < 4.78 is 4.88. The fourth-order valence-electron chi connectivity index (χ4n) is 2.04. The lowest BCUT2D eigenvalue weighted by molar-refractivity contribution is -0.384. The van der Waals surface area contributed by atoms with E-state index in [0.29, 0.717) is 24.5 Å². The van der Waals surface area contributed by atoms with Gasteiger partial charge in [0.2, 0.25) is 5.91 Å². The number of carbonyl (C=O) groups excluding carboxylic acids is 1. The normalized spacial score (nSPS) is 10.7. The zero-order valence-corrected chi connectivity index (χ0v) is 13.0. The summed E-state index contributed by atoms with van der Waals surface area (Å²) in [6.07, 6.45) is 0.699. The third kappa shape index (κ3) is 5.19. The molecule has 0 aliphatic carbocycles. The molecule has 0 aliphatic rings. The van der Waals surface area contributed by atoms with Gasteiger partial charge in [-0.15, -0.1) is 0 Å². The molecule has 0 atom stereocenters. The lowest BCUT2D eigenvalue weighted by Gasteiger charge is -2.15. The third-order valence-corrected chi connectivity index (χ3v) is 3.24. The van der Waals surface area contributed by atoms with Crippen molar-refractivity contribution in [2.24, 2.45) is 0 Å². The van der Waals surface area contributed by atoms with Gasteiger partial charge in [-0.05, 0) is 26.0 Å². The number of likely N-dealkylation sites (N-methyl/N-ethyl adjacent to an activating group) is 1. The first-order valence-corrected chi connectivity index (χ1v) is 7.09. The zero-order chi connectivity index (χ0) is 16.8. The summed E-state index contributed by atoms with van der Waals surface area (Å²) in [5.74, 6) is 0.854. The van der Waals surface area contributed by atoms with Gasteiger partial charge in [-0.1, -0.05) is 17.3 Å². The van der Waals surface area contributed by atoms with Crippen LogP contribution >= 0.6 is 0 Å². The first kappa shape index (κ1) is 16.6. The quantitative estimate of drug-likeness (QED) is 0.619. The second-order valence-corrected chi connectivity index (χ2v) is 5.28. The molecule has 0 saturated heterocycles. The Kier molecular flexibility index (Phi) is 5.42. The molecular formula is C15H18N4O4. The number of anilines is 1. The van der Waals surface area contributed by atoms with Gasteiger partial charge in [-0.25, -0.2) is 0 Å². The van der Waals surface area contributed by atoms with Gasteiger partial charge in [0, 0.05) is 24.7 Å². The van der Waals surface area contributed by atoms with Gasteiger partial charge in [0.25, 0.3) is 5.69 Å². The molecule has 0 aliphatic heterocycles. The molecule has 0 radical (unpaired) electrons. The van der Waals surface area contributed by atoms with Crippen LogP contribution in [0.3, 0.4) is 0 Å². The van der Waals surface area contributed by atoms with E-state index in [1.807, 2.05) is 11.9 Å². The van der Waals surface area contributed by atoms with Crippen molar-refractivity contribution in [1.82, 2.24) is 10.1 Å². The average Bonchev–Trinajstić information content (AvgIpc) is 2.90. The van der Waals surface area contributed by atoms with Crippen LogP contribution in [0.4, 0.5) is 11.5 Å². The Morgan fingerprint density at radius 1 is 1.39 bits per heavy atom. The predicted molar refractivity (Wildman–Crippen MR) is 84.2 cm³/mol. The van der Waals surface area contributed by atoms with Gasteiger partial charge < -0.3 is 9.84 Å². The lowest BCUT2D eigenvalue weighted by Crippen LogP contribution is -2.31. The molecule has 0 bridgehead atoms. The largest absolute Gasteiger partial charge is 0.360 e. The maximum absolute atomic E-state index is 11.9. The highest BCUT2D eigenvalue weighted by molar-refractivity contribution is 5.91. The van der Waals surface area contributed by atoms with Crippen molar-refractivity contribution in [1.29, 1.82) is 0 Å². The van der Waals surface area contributed by atoms with Crippen molar-refractivity contribution in [3.05, 3.63) is 51.8 Å². The van der Waals surface area contributed by atoms with Crippen LogP contribution in [-0.2, 0) is 11.2 Å². The highest BCUT2D eigenvalue weighted by atomic mass is 16.6. The minimum Gasteiger partial charge on any atom is -0.360 e. The van der Waals surface area contributed by atoms with Crippen LogP contribution in [0.2, 0.25) is 0 Å². The number of carbonyl (C=O) groups is 1. The van der Waals surface area contributed by atoms with E-state index < -0.39 is 4.92 Å². The molecule has 8 heteroatoms. The molecule has 2 aromatic rings. The van der Waals surface area contributed by atoms with Gasteiger partial charge in [-0.2, -0.15) is 0 Å². The number of hydrogen-bond donors (Lipinski definition) is 1. The minimum absolute atomic E-state index is 0.0735. The monoisotopic (exact) mass is 318 g/mol. The second-order valence-electron chi connectivity index (χ2n) is 5.28. The molecule has 0 spiro atoms. The van der Waals surface area contributed by atoms with Crippen LogP contribution in [0, 0.1) is 17.0 Å². The molecule has 1 aromatic carbocycles. The Balaban J connectivity index is 1.76. The Morgan fingerprint density at radius 3 is 2.65 bits per heavy atom. The summed E-state index contributed by atoms with van der Waals surface area (Å²) in [6.45, 7) is 2.63. The molecule has 8 nitrogen and oxygen atoms in total. The van der Waals surface area contributed by atoms with E-state index in [9.17, 15) is 14.9 Å². The fraction of sp³-hybridized carbons (Fsp3) is 0.333. The van der Waals surface area contributed by atoms with Crippen molar-refractivity contribution >= 4 is 17.4 Å². The molecular weight excluding hydrogens is 300 g/mol.